The molecule has 11 heteroatoms. The second-order valence-corrected chi connectivity index (χ2v) is 9.97. The number of ketones is 1. The monoisotopic (exact) mass is 560 g/mol. The summed E-state index contributed by atoms with van der Waals surface area (Å²) in [5, 5.41) is 12.0. The molecule has 1 amide bonds. The number of benzene rings is 2. The molecule has 1 aromatic heterocycles. The molecule has 1 saturated heterocycles. The van der Waals surface area contributed by atoms with Gasteiger partial charge in [0.1, 0.15) is 16.4 Å². The average molecular weight is 561 g/mol. The molecule has 4 rings (SSSR count). The first kappa shape index (κ1) is 26.7. The molecule has 0 spiro atoms. The molecule has 1 fully saturated rings. The molecule has 2 aromatic carbocycles. The number of halogens is 2. The number of rotatable bonds is 6. The fourth-order valence-electron chi connectivity index (χ4n) is 4.10. The van der Waals surface area contributed by atoms with Crippen LogP contribution in [0.2, 0.25) is 10.0 Å². The van der Waals surface area contributed by atoms with Crippen molar-refractivity contribution in [2.45, 2.75) is 26.8 Å². The molecule has 0 unspecified atom stereocenters. The Morgan fingerprint density at radius 3 is 2.51 bits per heavy atom. The van der Waals surface area contributed by atoms with E-state index in [2.05, 4.69) is 4.98 Å². The fourth-order valence-corrected chi connectivity index (χ4v) is 5.60. The molecule has 37 heavy (non-hydrogen) atoms. The molecule has 2 heterocycles. The molecule has 3 aromatic rings. The SMILES string of the molecule is CCOC(=O)c1sc(N2C(=O)C(=O)C(=C(O)c3ccc(OC)c(C)c3)[C@@H]2c2ccc(Cl)cc2Cl)nc1C. The Labute approximate surface area is 227 Å². The van der Waals surface area contributed by atoms with Crippen LogP contribution in [0.1, 0.15) is 45.0 Å². The number of hydrogen-bond acceptors (Lipinski definition) is 8. The number of amides is 1. The summed E-state index contributed by atoms with van der Waals surface area (Å²) >= 11 is 13.5. The maximum atomic E-state index is 13.4. The Balaban J connectivity index is 1.95. The normalized spacial score (nSPS) is 16.8. The van der Waals surface area contributed by atoms with Crippen LogP contribution in [0.4, 0.5) is 5.13 Å². The lowest BCUT2D eigenvalue weighted by atomic mass is 9.95. The van der Waals surface area contributed by atoms with Gasteiger partial charge in [0.05, 0.1) is 31.0 Å². The van der Waals surface area contributed by atoms with Crippen molar-refractivity contribution < 1.29 is 29.0 Å². The van der Waals surface area contributed by atoms with Crippen molar-refractivity contribution in [3.8, 4) is 5.75 Å². The Bertz CT molecular complexity index is 1470. The van der Waals surface area contributed by atoms with Gasteiger partial charge in [-0.2, -0.15) is 0 Å². The van der Waals surface area contributed by atoms with E-state index in [1.807, 2.05) is 0 Å². The van der Waals surface area contributed by atoms with E-state index < -0.39 is 23.7 Å². The zero-order chi connectivity index (χ0) is 27.0. The van der Waals surface area contributed by atoms with Crippen molar-refractivity contribution in [2.75, 3.05) is 18.6 Å². The van der Waals surface area contributed by atoms with Crippen molar-refractivity contribution >= 4 is 63.1 Å². The molecule has 1 N–H and O–H groups in total. The van der Waals surface area contributed by atoms with Gasteiger partial charge in [-0.3, -0.25) is 14.5 Å². The number of carbonyl (C=O) groups excluding carboxylic acids is 3. The van der Waals surface area contributed by atoms with Gasteiger partial charge in [-0.25, -0.2) is 9.78 Å². The van der Waals surface area contributed by atoms with Crippen molar-refractivity contribution in [2.24, 2.45) is 0 Å². The average Bonchev–Trinajstić information content (AvgIpc) is 3.35. The highest BCUT2D eigenvalue weighted by Crippen LogP contribution is 2.46. The number of thiazole rings is 1. The van der Waals surface area contributed by atoms with Gasteiger partial charge in [0.25, 0.3) is 5.78 Å². The number of nitrogens with zero attached hydrogens (tertiary/aromatic N) is 2. The third-order valence-corrected chi connectivity index (χ3v) is 7.52. The van der Waals surface area contributed by atoms with Gasteiger partial charge >= 0.3 is 11.9 Å². The summed E-state index contributed by atoms with van der Waals surface area (Å²) in [4.78, 5) is 44.9. The number of Topliss-reactive ketones (excluding diaryl/α,β-unsaturated/α-hetero) is 1. The van der Waals surface area contributed by atoms with Crippen LogP contribution in [0.25, 0.3) is 5.76 Å². The topological polar surface area (TPSA) is 106 Å². The van der Waals surface area contributed by atoms with Gasteiger partial charge in [-0.1, -0.05) is 40.6 Å². The predicted octanol–water partition coefficient (Wildman–Crippen LogP) is 5.88. The first-order chi connectivity index (χ1) is 17.6. The number of esters is 1. The molecular weight excluding hydrogens is 539 g/mol. The van der Waals surface area contributed by atoms with E-state index in [1.165, 1.54) is 13.2 Å². The largest absolute Gasteiger partial charge is 0.507 e. The Hall–Kier alpha value is -3.40. The minimum absolute atomic E-state index is 0.0867. The van der Waals surface area contributed by atoms with E-state index in [9.17, 15) is 19.5 Å². The fraction of sp³-hybridized carbons (Fsp3) is 0.231. The third-order valence-electron chi connectivity index (χ3n) is 5.82. The molecular formula is C26H22Cl2N2O6S. The van der Waals surface area contributed by atoms with Gasteiger partial charge in [0, 0.05) is 15.6 Å². The number of anilines is 1. The quantitative estimate of drug-likeness (QED) is 0.173. The second-order valence-electron chi connectivity index (χ2n) is 8.15. The van der Waals surface area contributed by atoms with Crippen molar-refractivity contribution in [3.05, 3.63) is 79.3 Å². The summed E-state index contributed by atoms with van der Waals surface area (Å²) in [6.07, 6.45) is 0. The number of methoxy groups -OCH3 is 1. The van der Waals surface area contributed by atoms with Crippen molar-refractivity contribution in [1.82, 2.24) is 4.98 Å². The summed E-state index contributed by atoms with van der Waals surface area (Å²) in [7, 11) is 1.52. The molecule has 1 atom stereocenters. The minimum atomic E-state index is -1.13. The lowest BCUT2D eigenvalue weighted by Crippen LogP contribution is -2.29. The standard InChI is InChI=1S/C26H22Cl2N2O6S/c1-5-36-25(34)23-13(3)29-26(37-23)30-20(16-8-7-15(27)11-17(16)28)19(22(32)24(30)33)21(31)14-6-9-18(35-4)12(2)10-14/h6-11,20,31H,5H2,1-4H3/t20-/m0/s1. The third kappa shape index (κ3) is 4.82. The predicted molar refractivity (Wildman–Crippen MR) is 142 cm³/mol. The van der Waals surface area contributed by atoms with E-state index in [1.54, 1.807) is 51.1 Å². The molecule has 1 aliphatic rings. The van der Waals surface area contributed by atoms with Crippen LogP contribution < -0.4 is 9.64 Å². The van der Waals surface area contributed by atoms with Crippen LogP contribution in [0, 0.1) is 13.8 Å². The molecule has 0 saturated carbocycles. The first-order valence-corrected chi connectivity index (χ1v) is 12.7. The summed E-state index contributed by atoms with van der Waals surface area (Å²) < 4.78 is 10.4. The molecule has 192 valence electrons. The van der Waals surface area contributed by atoms with Crippen LogP contribution in [-0.4, -0.2) is 41.5 Å². The zero-order valence-electron chi connectivity index (χ0n) is 20.3. The minimum Gasteiger partial charge on any atom is -0.507 e. The van der Waals surface area contributed by atoms with Gasteiger partial charge < -0.3 is 14.6 Å². The van der Waals surface area contributed by atoms with Crippen LogP contribution in [0.15, 0.2) is 42.0 Å². The van der Waals surface area contributed by atoms with Crippen LogP contribution in [0.5, 0.6) is 5.75 Å². The highest BCUT2D eigenvalue weighted by Gasteiger charge is 2.49. The van der Waals surface area contributed by atoms with E-state index in [0.717, 1.165) is 21.8 Å². The number of carbonyl (C=O) groups is 3. The van der Waals surface area contributed by atoms with E-state index in [4.69, 9.17) is 32.7 Å². The number of aryl methyl sites for hydroxylation is 2. The number of aliphatic hydroxyl groups excluding tert-OH is 1. The number of hydrogen-bond donors (Lipinski definition) is 1. The highest BCUT2D eigenvalue weighted by molar-refractivity contribution is 7.17. The van der Waals surface area contributed by atoms with E-state index in [-0.39, 0.29) is 33.0 Å². The number of aromatic nitrogens is 1. The van der Waals surface area contributed by atoms with Gasteiger partial charge in [-0.05, 0) is 62.2 Å². The maximum Gasteiger partial charge on any atom is 0.350 e. The van der Waals surface area contributed by atoms with Gasteiger partial charge in [-0.15, -0.1) is 0 Å². The van der Waals surface area contributed by atoms with Crippen LogP contribution >= 0.6 is 34.5 Å². The zero-order valence-corrected chi connectivity index (χ0v) is 22.6. The van der Waals surface area contributed by atoms with Crippen molar-refractivity contribution in [1.29, 1.82) is 0 Å². The van der Waals surface area contributed by atoms with Crippen LogP contribution in [0.3, 0.4) is 0 Å². The Kier molecular flexibility index (Phi) is 7.59. The van der Waals surface area contributed by atoms with Crippen molar-refractivity contribution in [3.63, 3.8) is 0 Å². The van der Waals surface area contributed by atoms with Gasteiger partial charge in [0.2, 0.25) is 0 Å². The molecule has 0 radical (unpaired) electrons. The van der Waals surface area contributed by atoms with Gasteiger partial charge in [0.15, 0.2) is 5.13 Å². The molecule has 0 aliphatic carbocycles. The molecule has 1 aliphatic heterocycles. The Morgan fingerprint density at radius 1 is 1.16 bits per heavy atom. The lowest BCUT2D eigenvalue weighted by molar-refractivity contribution is -0.132. The maximum absolute atomic E-state index is 13.4. The Morgan fingerprint density at radius 2 is 1.89 bits per heavy atom. The number of ether oxygens (including phenoxy) is 2. The lowest BCUT2D eigenvalue weighted by Gasteiger charge is -2.24. The summed E-state index contributed by atoms with van der Waals surface area (Å²) in [5.74, 6) is -2.23. The summed E-state index contributed by atoms with van der Waals surface area (Å²) in [6, 6.07) is 8.38. The van der Waals surface area contributed by atoms with Crippen LogP contribution in [-0.2, 0) is 14.3 Å². The summed E-state index contributed by atoms with van der Waals surface area (Å²) in [6.45, 7) is 5.24. The van der Waals surface area contributed by atoms with E-state index in [0.29, 0.717) is 27.6 Å². The van der Waals surface area contributed by atoms with E-state index >= 15 is 0 Å². The number of aliphatic hydroxyl groups is 1. The summed E-state index contributed by atoms with van der Waals surface area (Å²) in [5.41, 5.74) is 1.55. The second kappa shape index (κ2) is 10.5. The molecule has 0 bridgehead atoms. The molecule has 8 nitrogen and oxygen atoms in total. The smallest absolute Gasteiger partial charge is 0.350 e. The first-order valence-electron chi connectivity index (χ1n) is 11.1. The highest BCUT2D eigenvalue weighted by atomic mass is 35.5.